The lowest BCUT2D eigenvalue weighted by Gasteiger charge is -2.15. The van der Waals surface area contributed by atoms with Crippen LogP contribution in [0.15, 0.2) is 54.6 Å². The standard InChI is InChI=1S/C21H17NO5S/c1-12(19(23)13-4-6-14(7-5-13)21(24)25)15-10-16(20-22-8-9-28-20)18(27-3)11-17(15)26-2/h4-11H,1H2,2-3H3,(H,24,25). The van der Waals surface area contributed by atoms with Gasteiger partial charge in [-0.05, 0) is 18.2 Å². The molecular formula is C21H17NO5S. The maximum Gasteiger partial charge on any atom is 0.335 e. The van der Waals surface area contributed by atoms with E-state index in [-0.39, 0.29) is 16.9 Å². The van der Waals surface area contributed by atoms with Crippen molar-refractivity contribution in [3.63, 3.8) is 0 Å². The third-order valence-electron chi connectivity index (χ3n) is 4.18. The number of ether oxygens (including phenoxy) is 2. The summed E-state index contributed by atoms with van der Waals surface area (Å²) in [5.74, 6) is -0.368. The minimum Gasteiger partial charge on any atom is -0.496 e. The van der Waals surface area contributed by atoms with Crippen molar-refractivity contribution < 1.29 is 24.2 Å². The molecule has 0 fully saturated rings. The van der Waals surface area contributed by atoms with Crippen molar-refractivity contribution in [2.24, 2.45) is 0 Å². The number of rotatable bonds is 7. The Hall–Kier alpha value is -3.45. The highest BCUT2D eigenvalue weighted by atomic mass is 32.1. The summed E-state index contributed by atoms with van der Waals surface area (Å²) in [5, 5.41) is 11.6. The Bertz CT molecular complexity index is 1040. The Morgan fingerprint density at radius 2 is 1.68 bits per heavy atom. The van der Waals surface area contributed by atoms with Crippen LogP contribution in [0.3, 0.4) is 0 Å². The summed E-state index contributed by atoms with van der Waals surface area (Å²) >= 11 is 1.45. The number of ketones is 1. The van der Waals surface area contributed by atoms with Crippen LogP contribution in [-0.2, 0) is 0 Å². The topological polar surface area (TPSA) is 85.7 Å². The van der Waals surface area contributed by atoms with Gasteiger partial charge in [-0.1, -0.05) is 18.7 Å². The Labute approximate surface area is 165 Å². The first-order chi connectivity index (χ1) is 13.5. The van der Waals surface area contributed by atoms with Crippen molar-refractivity contribution in [3.05, 3.63) is 71.2 Å². The summed E-state index contributed by atoms with van der Waals surface area (Å²) in [7, 11) is 3.05. The van der Waals surface area contributed by atoms with Crippen LogP contribution < -0.4 is 9.47 Å². The molecule has 7 heteroatoms. The summed E-state index contributed by atoms with van der Waals surface area (Å²) in [6.07, 6.45) is 1.69. The number of carbonyl (C=O) groups excluding carboxylic acids is 1. The minimum atomic E-state index is -1.05. The van der Waals surface area contributed by atoms with E-state index >= 15 is 0 Å². The number of methoxy groups -OCH3 is 2. The third-order valence-corrected chi connectivity index (χ3v) is 4.98. The fourth-order valence-electron chi connectivity index (χ4n) is 2.72. The number of thiazole rings is 1. The lowest BCUT2D eigenvalue weighted by atomic mass is 9.95. The molecule has 3 rings (SSSR count). The van der Waals surface area contributed by atoms with Gasteiger partial charge in [-0.2, -0.15) is 0 Å². The van der Waals surface area contributed by atoms with Gasteiger partial charge >= 0.3 is 5.97 Å². The molecule has 3 aromatic rings. The molecule has 1 N–H and O–H groups in total. The lowest BCUT2D eigenvalue weighted by Crippen LogP contribution is -2.05. The predicted octanol–water partition coefficient (Wildman–Crippen LogP) is 4.42. The van der Waals surface area contributed by atoms with Gasteiger partial charge in [0.05, 0.1) is 25.3 Å². The van der Waals surface area contributed by atoms with Crippen LogP contribution in [0.5, 0.6) is 11.5 Å². The Kier molecular flexibility index (Phi) is 5.56. The maximum absolute atomic E-state index is 12.9. The Morgan fingerprint density at radius 1 is 1.04 bits per heavy atom. The molecule has 0 aliphatic rings. The van der Waals surface area contributed by atoms with Gasteiger partial charge in [0, 0.05) is 34.3 Å². The number of allylic oxidation sites excluding steroid dienone is 1. The monoisotopic (exact) mass is 395 g/mol. The van der Waals surface area contributed by atoms with Gasteiger partial charge in [-0.3, -0.25) is 4.79 Å². The van der Waals surface area contributed by atoms with Gasteiger partial charge < -0.3 is 14.6 Å². The average molecular weight is 395 g/mol. The number of carboxylic acid groups (broad SMARTS) is 1. The van der Waals surface area contributed by atoms with Gasteiger partial charge in [0.1, 0.15) is 16.5 Å². The molecular weight excluding hydrogens is 378 g/mol. The van der Waals surface area contributed by atoms with E-state index < -0.39 is 5.97 Å². The number of nitrogens with zero attached hydrogens (tertiary/aromatic N) is 1. The lowest BCUT2D eigenvalue weighted by molar-refractivity contribution is 0.0696. The van der Waals surface area contributed by atoms with E-state index in [1.165, 1.54) is 42.7 Å². The van der Waals surface area contributed by atoms with Crippen molar-refractivity contribution in [3.8, 4) is 22.1 Å². The quantitative estimate of drug-likeness (QED) is 0.471. The SMILES string of the molecule is C=C(C(=O)c1ccc(C(=O)O)cc1)c1cc(-c2nccs2)c(OC)cc1OC. The predicted molar refractivity (Wildman–Crippen MR) is 107 cm³/mol. The number of hydrogen-bond acceptors (Lipinski definition) is 6. The molecule has 0 saturated heterocycles. The smallest absolute Gasteiger partial charge is 0.335 e. The van der Waals surface area contributed by atoms with E-state index in [0.717, 1.165) is 10.6 Å². The zero-order chi connectivity index (χ0) is 20.3. The molecule has 0 unspecified atom stereocenters. The number of aromatic carboxylic acids is 1. The van der Waals surface area contributed by atoms with Gasteiger partial charge in [0.2, 0.25) is 0 Å². The van der Waals surface area contributed by atoms with Crippen LogP contribution in [0.25, 0.3) is 16.1 Å². The van der Waals surface area contributed by atoms with E-state index in [9.17, 15) is 9.59 Å². The van der Waals surface area contributed by atoms with Crippen LogP contribution in [-0.4, -0.2) is 36.1 Å². The molecule has 6 nitrogen and oxygen atoms in total. The van der Waals surface area contributed by atoms with E-state index in [4.69, 9.17) is 14.6 Å². The van der Waals surface area contributed by atoms with Gasteiger partial charge in [-0.25, -0.2) is 9.78 Å². The first-order valence-electron chi connectivity index (χ1n) is 8.19. The molecule has 0 aliphatic heterocycles. The minimum absolute atomic E-state index is 0.107. The zero-order valence-electron chi connectivity index (χ0n) is 15.3. The molecule has 0 radical (unpaired) electrons. The van der Waals surface area contributed by atoms with Crippen molar-refractivity contribution in [1.29, 1.82) is 0 Å². The van der Waals surface area contributed by atoms with Crippen LogP contribution >= 0.6 is 11.3 Å². The molecule has 1 aromatic heterocycles. The van der Waals surface area contributed by atoms with Crippen LogP contribution in [0, 0.1) is 0 Å². The molecule has 28 heavy (non-hydrogen) atoms. The van der Waals surface area contributed by atoms with Crippen molar-refractivity contribution in [2.75, 3.05) is 14.2 Å². The van der Waals surface area contributed by atoms with E-state index in [0.29, 0.717) is 22.6 Å². The number of hydrogen-bond donors (Lipinski definition) is 1. The number of benzene rings is 2. The highest BCUT2D eigenvalue weighted by molar-refractivity contribution is 7.13. The Morgan fingerprint density at radius 3 is 2.21 bits per heavy atom. The normalized spacial score (nSPS) is 10.4. The molecule has 0 saturated carbocycles. The van der Waals surface area contributed by atoms with E-state index in [1.807, 2.05) is 5.38 Å². The summed E-state index contributed by atoms with van der Waals surface area (Å²) in [6, 6.07) is 9.16. The summed E-state index contributed by atoms with van der Waals surface area (Å²) in [5.41, 5.74) is 1.91. The van der Waals surface area contributed by atoms with Crippen LogP contribution in [0.1, 0.15) is 26.3 Å². The summed E-state index contributed by atoms with van der Waals surface area (Å²) in [4.78, 5) is 28.2. The largest absolute Gasteiger partial charge is 0.496 e. The molecule has 0 bridgehead atoms. The van der Waals surface area contributed by atoms with E-state index in [1.54, 1.807) is 25.4 Å². The first-order valence-corrected chi connectivity index (χ1v) is 9.07. The van der Waals surface area contributed by atoms with Crippen LogP contribution in [0.2, 0.25) is 0 Å². The Balaban J connectivity index is 2.03. The molecule has 142 valence electrons. The highest BCUT2D eigenvalue weighted by Crippen LogP contribution is 2.39. The van der Waals surface area contributed by atoms with E-state index in [2.05, 4.69) is 11.6 Å². The molecule has 1 heterocycles. The second-order valence-corrected chi connectivity index (χ2v) is 6.67. The number of Topliss-reactive ketones (excluding diaryl/α,β-unsaturated/α-hetero) is 1. The van der Waals surface area contributed by atoms with Crippen molar-refractivity contribution >= 4 is 28.7 Å². The molecule has 0 amide bonds. The molecule has 2 aromatic carbocycles. The van der Waals surface area contributed by atoms with Gasteiger partial charge in [0.25, 0.3) is 0 Å². The zero-order valence-corrected chi connectivity index (χ0v) is 16.1. The second-order valence-electron chi connectivity index (χ2n) is 5.78. The maximum atomic E-state index is 12.9. The highest BCUT2D eigenvalue weighted by Gasteiger charge is 2.21. The van der Waals surface area contributed by atoms with Crippen molar-refractivity contribution in [1.82, 2.24) is 4.98 Å². The summed E-state index contributed by atoms with van der Waals surface area (Å²) in [6.45, 7) is 3.94. The van der Waals surface area contributed by atoms with Gasteiger partial charge in [-0.15, -0.1) is 11.3 Å². The molecule has 0 spiro atoms. The van der Waals surface area contributed by atoms with Crippen LogP contribution in [0.4, 0.5) is 0 Å². The third kappa shape index (κ3) is 3.65. The van der Waals surface area contributed by atoms with Gasteiger partial charge in [0.15, 0.2) is 5.78 Å². The molecule has 0 atom stereocenters. The first kappa shape index (κ1) is 19.3. The second kappa shape index (κ2) is 8.06. The molecule has 0 aliphatic carbocycles. The average Bonchev–Trinajstić information content (AvgIpc) is 3.26. The number of carboxylic acids is 1. The number of carbonyl (C=O) groups is 2. The fraction of sp³-hybridized carbons (Fsp3) is 0.0952. The fourth-order valence-corrected chi connectivity index (χ4v) is 3.38. The summed E-state index contributed by atoms with van der Waals surface area (Å²) < 4.78 is 10.9. The number of aromatic nitrogens is 1. The van der Waals surface area contributed by atoms with Crippen molar-refractivity contribution in [2.45, 2.75) is 0 Å².